The number of pyridine rings is 1. The van der Waals surface area contributed by atoms with Gasteiger partial charge in [0.25, 0.3) is 0 Å². The molecule has 0 spiro atoms. The van der Waals surface area contributed by atoms with Crippen molar-refractivity contribution in [3.05, 3.63) is 36.3 Å². The fourth-order valence-corrected chi connectivity index (χ4v) is 2.47. The minimum absolute atomic E-state index is 0.545. The summed E-state index contributed by atoms with van der Waals surface area (Å²) in [6.07, 6.45) is 7.48. The van der Waals surface area contributed by atoms with E-state index in [0.717, 1.165) is 17.9 Å². The number of rotatable bonds is 1. The highest BCUT2D eigenvalue weighted by Crippen LogP contribution is 2.29. The molecule has 0 aromatic carbocycles. The fourth-order valence-electron chi connectivity index (χ4n) is 2.47. The highest BCUT2D eigenvalue weighted by molar-refractivity contribution is 5.50. The van der Waals surface area contributed by atoms with Crippen molar-refractivity contribution in [1.82, 2.24) is 14.5 Å². The largest absolute Gasteiger partial charge is 0.324 e. The molecule has 2 aromatic rings. The van der Waals surface area contributed by atoms with Crippen LogP contribution >= 0.6 is 0 Å². The summed E-state index contributed by atoms with van der Waals surface area (Å²) < 4.78 is 2.34. The topological polar surface area (TPSA) is 30.7 Å². The second-order valence-corrected chi connectivity index (χ2v) is 4.40. The van der Waals surface area contributed by atoms with E-state index in [4.69, 9.17) is 0 Å². The summed E-state index contributed by atoms with van der Waals surface area (Å²) in [6, 6.07) is 6.52. The molecule has 0 saturated heterocycles. The first-order chi connectivity index (χ1) is 7.86. The Balaban J connectivity index is 2.13. The van der Waals surface area contributed by atoms with Gasteiger partial charge in [-0.1, -0.05) is 6.07 Å². The third-order valence-corrected chi connectivity index (χ3v) is 3.26. The van der Waals surface area contributed by atoms with Gasteiger partial charge in [0, 0.05) is 24.1 Å². The Morgan fingerprint density at radius 3 is 3.06 bits per heavy atom. The number of aromatic nitrogens is 3. The van der Waals surface area contributed by atoms with E-state index in [-0.39, 0.29) is 0 Å². The van der Waals surface area contributed by atoms with Crippen LogP contribution in [-0.4, -0.2) is 14.5 Å². The highest BCUT2D eigenvalue weighted by atomic mass is 15.1. The number of imidazole rings is 1. The van der Waals surface area contributed by atoms with E-state index in [1.807, 2.05) is 30.6 Å². The standard InChI is InChI=1S/C13H15N3/c1-10-5-4-6-11-9-15-13(16(10)11)12-7-2-3-8-14-12/h2-3,7-10H,4-6H2,1H3. The molecule has 16 heavy (non-hydrogen) atoms. The molecule has 1 atom stereocenters. The molecule has 3 heteroatoms. The Hall–Kier alpha value is -1.64. The first-order valence-electron chi connectivity index (χ1n) is 5.84. The molecule has 2 aromatic heterocycles. The normalized spacial score (nSPS) is 19.4. The number of fused-ring (bicyclic) bond motifs is 1. The zero-order valence-electron chi connectivity index (χ0n) is 9.43. The van der Waals surface area contributed by atoms with Gasteiger partial charge in [0.1, 0.15) is 5.69 Å². The second-order valence-electron chi connectivity index (χ2n) is 4.40. The molecular weight excluding hydrogens is 198 g/mol. The van der Waals surface area contributed by atoms with Crippen LogP contribution in [0.4, 0.5) is 0 Å². The van der Waals surface area contributed by atoms with Crippen LogP contribution < -0.4 is 0 Å². The van der Waals surface area contributed by atoms with Crippen LogP contribution in [-0.2, 0) is 6.42 Å². The summed E-state index contributed by atoms with van der Waals surface area (Å²) in [5.41, 5.74) is 2.32. The zero-order chi connectivity index (χ0) is 11.0. The molecule has 0 fully saturated rings. The zero-order valence-corrected chi connectivity index (χ0v) is 9.43. The van der Waals surface area contributed by atoms with E-state index in [9.17, 15) is 0 Å². The molecule has 3 heterocycles. The molecule has 0 aliphatic carbocycles. The van der Waals surface area contributed by atoms with Crippen molar-refractivity contribution < 1.29 is 0 Å². The van der Waals surface area contributed by atoms with Crippen molar-refractivity contribution in [1.29, 1.82) is 0 Å². The minimum atomic E-state index is 0.545. The average Bonchev–Trinajstić information content (AvgIpc) is 2.75. The molecule has 82 valence electrons. The van der Waals surface area contributed by atoms with Crippen LogP contribution in [0.5, 0.6) is 0 Å². The van der Waals surface area contributed by atoms with Crippen LogP contribution in [0, 0.1) is 0 Å². The van der Waals surface area contributed by atoms with Gasteiger partial charge in [0.2, 0.25) is 0 Å². The number of nitrogens with zero attached hydrogens (tertiary/aromatic N) is 3. The third kappa shape index (κ3) is 1.43. The Morgan fingerprint density at radius 2 is 2.25 bits per heavy atom. The number of aryl methyl sites for hydroxylation is 1. The average molecular weight is 213 g/mol. The SMILES string of the molecule is CC1CCCc2cnc(-c3ccccn3)n21. The van der Waals surface area contributed by atoms with Crippen molar-refractivity contribution in [2.24, 2.45) is 0 Å². The van der Waals surface area contributed by atoms with E-state index in [2.05, 4.69) is 21.5 Å². The van der Waals surface area contributed by atoms with Gasteiger partial charge < -0.3 is 4.57 Å². The summed E-state index contributed by atoms with van der Waals surface area (Å²) in [5.74, 6) is 1.02. The van der Waals surface area contributed by atoms with Crippen LogP contribution in [0.15, 0.2) is 30.6 Å². The minimum Gasteiger partial charge on any atom is -0.324 e. The van der Waals surface area contributed by atoms with Crippen molar-refractivity contribution in [2.45, 2.75) is 32.2 Å². The first-order valence-corrected chi connectivity index (χ1v) is 5.84. The molecular formula is C13H15N3. The molecule has 1 aliphatic heterocycles. The summed E-state index contributed by atoms with van der Waals surface area (Å²) in [6.45, 7) is 2.26. The quantitative estimate of drug-likeness (QED) is 0.729. The molecule has 0 N–H and O–H groups in total. The smallest absolute Gasteiger partial charge is 0.159 e. The van der Waals surface area contributed by atoms with Gasteiger partial charge in [-0.3, -0.25) is 4.98 Å². The van der Waals surface area contributed by atoms with Gasteiger partial charge in [-0.2, -0.15) is 0 Å². The van der Waals surface area contributed by atoms with Gasteiger partial charge in [0.15, 0.2) is 5.82 Å². The van der Waals surface area contributed by atoms with E-state index >= 15 is 0 Å². The Morgan fingerprint density at radius 1 is 1.31 bits per heavy atom. The Kier molecular flexibility index (Phi) is 2.24. The molecule has 0 saturated carbocycles. The third-order valence-electron chi connectivity index (χ3n) is 3.26. The van der Waals surface area contributed by atoms with Gasteiger partial charge in [-0.15, -0.1) is 0 Å². The Bertz CT molecular complexity index is 487. The molecule has 0 radical (unpaired) electrons. The van der Waals surface area contributed by atoms with E-state index in [1.165, 1.54) is 18.5 Å². The van der Waals surface area contributed by atoms with Crippen LogP contribution in [0.1, 0.15) is 31.5 Å². The monoisotopic (exact) mass is 213 g/mol. The molecule has 3 nitrogen and oxygen atoms in total. The maximum absolute atomic E-state index is 4.52. The van der Waals surface area contributed by atoms with Crippen LogP contribution in [0.3, 0.4) is 0 Å². The first kappa shape index (κ1) is 9.58. The lowest BCUT2D eigenvalue weighted by Crippen LogP contribution is -2.15. The lowest BCUT2D eigenvalue weighted by Gasteiger charge is -2.23. The summed E-state index contributed by atoms with van der Waals surface area (Å²) >= 11 is 0. The van der Waals surface area contributed by atoms with E-state index in [0.29, 0.717) is 6.04 Å². The lowest BCUT2D eigenvalue weighted by molar-refractivity contribution is 0.435. The molecule has 0 bridgehead atoms. The Labute approximate surface area is 95.2 Å². The number of hydrogen-bond acceptors (Lipinski definition) is 2. The highest BCUT2D eigenvalue weighted by Gasteiger charge is 2.20. The van der Waals surface area contributed by atoms with Crippen molar-refractivity contribution in [2.75, 3.05) is 0 Å². The predicted molar refractivity (Wildman–Crippen MR) is 63.1 cm³/mol. The van der Waals surface area contributed by atoms with Gasteiger partial charge in [0.05, 0.1) is 0 Å². The van der Waals surface area contributed by atoms with E-state index in [1.54, 1.807) is 0 Å². The lowest BCUT2D eigenvalue weighted by atomic mass is 10.0. The van der Waals surface area contributed by atoms with Gasteiger partial charge in [-0.05, 0) is 38.3 Å². The summed E-state index contributed by atoms with van der Waals surface area (Å²) in [7, 11) is 0. The second kappa shape index (κ2) is 3.74. The van der Waals surface area contributed by atoms with Crippen molar-refractivity contribution in [3.8, 4) is 11.5 Å². The fraction of sp³-hybridized carbons (Fsp3) is 0.385. The molecule has 0 amide bonds. The van der Waals surface area contributed by atoms with Crippen LogP contribution in [0.2, 0.25) is 0 Å². The number of hydrogen-bond donors (Lipinski definition) is 0. The summed E-state index contributed by atoms with van der Waals surface area (Å²) in [4.78, 5) is 8.90. The van der Waals surface area contributed by atoms with Gasteiger partial charge in [-0.25, -0.2) is 4.98 Å². The van der Waals surface area contributed by atoms with E-state index < -0.39 is 0 Å². The van der Waals surface area contributed by atoms with Gasteiger partial charge >= 0.3 is 0 Å². The van der Waals surface area contributed by atoms with Crippen molar-refractivity contribution in [3.63, 3.8) is 0 Å². The maximum Gasteiger partial charge on any atom is 0.159 e. The van der Waals surface area contributed by atoms with Crippen molar-refractivity contribution >= 4 is 0 Å². The molecule has 1 unspecified atom stereocenters. The maximum atomic E-state index is 4.52. The summed E-state index contributed by atoms with van der Waals surface area (Å²) in [5, 5.41) is 0. The predicted octanol–water partition coefficient (Wildman–Crippen LogP) is 2.84. The molecule has 3 rings (SSSR count). The molecule has 1 aliphatic rings. The van der Waals surface area contributed by atoms with Crippen LogP contribution in [0.25, 0.3) is 11.5 Å².